The van der Waals surface area contributed by atoms with E-state index < -0.39 is 0 Å². The highest BCUT2D eigenvalue weighted by molar-refractivity contribution is 5.76. The molecular weight excluding hydrogens is 244 g/mol. The van der Waals surface area contributed by atoms with Crippen molar-refractivity contribution in [2.45, 2.75) is 52.4 Å². The Morgan fingerprint density at radius 3 is 2.53 bits per heavy atom. The van der Waals surface area contributed by atoms with Gasteiger partial charge in [-0.3, -0.25) is 0 Å². The van der Waals surface area contributed by atoms with E-state index in [9.17, 15) is 9.59 Å². The summed E-state index contributed by atoms with van der Waals surface area (Å²) in [4.78, 5) is 25.9. The number of unbranched alkanes of at least 4 members (excludes halogenated alkanes) is 1. The van der Waals surface area contributed by atoms with Crippen LogP contribution in [0.1, 0.15) is 50.8 Å². The van der Waals surface area contributed by atoms with Crippen molar-refractivity contribution in [1.29, 1.82) is 0 Å². The molecule has 1 aliphatic rings. The van der Waals surface area contributed by atoms with Crippen LogP contribution in [0.2, 0.25) is 0 Å². The van der Waals surface area contributed by atoms with Crippen molar-refractivity contribution in [2.24, 2.45) is 0 Å². The number of rotatable bonds is 4. The first-order chi connectivity index (χ1) is 9.19. The highest BCUT2D eigenvalue weighted by atomic mass is 16.5. The van der Waals surface area contributed by atoms with E-state index in [0.29, 0.717) is 12.0 Å². The quantitative estimate of drug-likeness (QED) is 0.841. The summed E-state index contributed by atoms with van der Waals surface area (Å²) in [6, 6.07) is -0.180. The average Bonchev–Trinajstić information content (AvgIpc) is 3.03. The van der Waals surface area contributed by atoms with Crippen molar-refractivity contribution in [1.82, 2.24) is 9.64 Å². The molecule has 1 aliphatic heterocycles. The molecule has 1 fully saturated rings. The maximum absolute atomic E-state index is 12.4. The van der Waals surface area contributed by atoms with Gasteiger partial charge in [0.1, 0.15) is 0 Å². The molecule has 1 aromatic heterocycles. The summed E-state index contributed by atoms with van der Waals surface area (Å²) in [6.45, 7) is 5.54. The van der Waals surface area contributed by atoms with Crippen molar-refractivity contribution >= 4 is 6.03 Å². The number of amides is 1. The fourth-order valence-corrected chi connectivity index (χ4v) is 2.57. The van der Waals surface area contributed by atoms with Gasteiger partial charge in [-0.2, -0.15) is 0 Å². The maximum atomic E-state index is 12.4. The fourth-order valence-electron chi connectivity index (χ4n) is 2.57. The second-order valence-electron chi connectivity index (χ2n) is 5.03. The molecule has 0 bridgehead atoms. The van der Waals surface area contributed by atoms with Crippen LogP contribution in [0.3, 0.4) is 0 Å². The minimum absolute atomic E-state index is 0.180. The van der Waals surface area contributed by atoms with Gasteiger partial charge in [0.25, 0.3) is 0 Å². The molecule has 0 radical (unpaired) electrons. The topological polar surface area (TPSA) is 55.5 Å². The molecule has 5 nitrogen and oxygen atoms in total. The smallest absolute Gasteiger partial charge is 0.327 e. The summed E-state index contributed by atoms with van der Waals surface area (Å²) in [7, 11) is 0. The predicted molar refractivity (Wildman–Crippen MR) is 72.6 cm³/mol. The lowest BCUT2D eigenvalue weighted by Gasteiger charge is -2.15. The standard InChI is InChI=1S/C14H22N2O3/c1-3-5-8-12-11(4-2)13(17)19-16(12)14(18)15-9-6-7-10-15/h3-10H2,1-2H3. The summed E-state index contributed by atoms with van der Waals surface area (Å²) >= 11 is 0. The number of carbonyl (C=O) groups is 1. The van der Waals surface area contributed by atoms with E-state index >= 15 is 0 Å². The normalized spacial score (nSPS) is 15.2. The van der Waals surface area contributed by atoms with Crippen LogP contribution in [0.5, 0.6) is 0 Å². The van der Waals surface area contributed by atoms with Crippen LogP contribution in [0.4, 0.5) is 4.79 Å². The molecule has 2 rings (SSSR count). The highest BCUT2D eigenvalue weighted by Gasteiger charge is 2.26. The van der Waals surface area contributed by atoms with E-state index in [-0.39, 0.29) is 11.7 Å². The van der Waals surface area contributed by atoms with Gasteiger partial charge in [-0.25, -0.2) is 9.59 Å². The third-order valence-electron chi connectivity index (χ3n) is 3.69. The number of hydrogen-bond acceptors (Lipinski definition) is 3. The molecule has 106 valence electrons. The van der Waals surface area contributed by atoms with Crippen molar-refractivity contribution in [3.8, 4) is 0 Å². The Bertz CT molecular complexity index is 495. The molecule has 1 aromatic rings. The lowest BCUT2D eigenvalue weighted by atomic mass is 10.1. The maximum Gasteiger partial charge on any atom is 0.361 e. The zero-order valence-corrected chi connectivity index (χ0v) is 11.8. The molecule has 5 heteroatoms. The summed E-state index contributed by atoms with van der Waals surface area (Å²) < 4.78 is 6.42. The second-order valence-corrected chi connectivity index (χ2v) is 5.03. The molecule has 0 atom stereocenters. The van der Waals surface area contributed by atoms with Crippen molar-refractivity contribution < 1.29 is 9.32 Å². The van der Waals surface area contributed by atoms with Gasteiger partial charge in [0.05, 0.1) is 11.3 Å². The molecule has 1 saturated heterocycles. The third-order valence-corrected chi connectivity index (χ3v) is 3.69. The Morgan fingerprint density at radius 1 is 1.26 bits per heavy atom. The van der Waals surface area contributed by atoms with Gasteiger partial charge in [0, 0.05) is 13.1 Å². The monoisotopic (exact) mass is 266 g/mol. The minimum Gasteiger partial charge on any atom is -0.327 e. The Hall–Kier alpha value is -1.52. The third kappa shape index (κ3) is 2.74. The molecule has 1 amide bonds. The summed E-state index contributed by atoms with van der Waals surface area (Å²) in [6.07, 6.45) is 5.39. The van der Waals surface area contributed by atoms with Crippen molar-refractivity contribution in [3.05, 3.63) is 21.7 Å². The molecule has 19 heavy (non-hydrogen) atoms. The van der Waals surface area contributed by atoms with Crippen LogP contribution in [0.15, 0.2) is 9.32 Å². The van der Waals surface area contributed by atoms with Gasteiger partial charge < -0.3 is 9.42 Å². The number of carbonyl (C=O) groups excluding carboxylic acids is 1. The van der Waals surface area contributed by atoms with Crippen LogP contribution < -0.4 is 5.63 Å². The Morgan fingerprint density at radius 2 is 1.95 bits per heavy atom. The molecule has 0 spiro atoms. The van der Waals surface area contributed by atoms with Crippen LogP contribution in [0, 0.1) is 0 Å². The molecular formula is C14H22N2O3. The van der Waals surface area contributed by atoms with Crippen molar-refractivity contribution in [2.75, 3.05) is 13.1 Å². The van der Waals surface area contributed by atoms with Crippen LogP contribution in [-0.2, 0) is 12.8 Å². The molecule has 0 saturated carbocycles. The molecule has 0 unspecified atom stereocenters. The van der Waals surface area contributed by atoms with Gasteiger partial charge in [-0.1, -0.05) is 20.3 Å². The van der Waals surface area contributed by atoms with E-state index in [1.165, 1.54) is 4.74 Å². The van der Waals surface area contributed by atoms with E-state index in [0.717, 1.165) is 50.9 Å². The van der Waals surface area contributed by atoms with E-state index in [1.807, 2.05) is 6.92 Å². The predicted octanol–water partition coefficient (Wildman–Crippen LogP) is 2.41. The number of likely N-dealkylation sites (tertiary alicyclic amines) is 1. The van der Waals surface area contributed by atoms with Gasteiger partial charge in [0.15, 0.2) is 0 Å². The number of hydrogen-bond donors (Lipinski definition) is 0. The van der Waals surface area contributed by atoms with E-state index in [2.05, 4.69) is 6.92 Å². The average molecular weight is 266 g/mol. The van der Waals surface area contributed by atoms with E-state index in [4.69, 9.17) is 4.52 Å². The van der Waals surface area contributed by atoms with Gasteiger partial charge >= 0.3 is 11.7 Å². The molecule has 0 N–H and O–H groups in total. The van der Waals surface area contributed by atoms with Gasteiger partial charge in [-0.05, 0) is 32.1 Å². The summed E-state index contributed by atoms with van der Waals surface area (Å²) in [5, 5.41) is 0. The molecule has 0 aliphatic carbocycles. The second kappa shape index (κ2) is 6.08. The van der Waals surface area contributed by atoms with Gasteiger partial charge in [-0.15, -0.1) is 4.74 Å². The zero-order chi connectivity index (χ0) is 13.8. The largest absolute Gasteiger partial charge is 0.361 e. The highest BCUT2D eigenvalue weighted by Crippen LogP contribution is 2.15. The molecule has 0 aromatic carbocycles. The SMILES string of the molecule is CCCCc1c(CC)c(=O)on1C(=O)N1CCCC1. The Labute approximate surface area is 113 Å². The molecule has 2 heterocycles. The summed E-state index contributed by atoms with van der Waals surface area (Å²) in [5.41, 5.74) is 1.06. The van der Waals surface area contributed by atoms with Gasteiger partial charge in [0.2, 0.25) is 0 Å². The Kier molecular flexibility index (Phi) is 4.45. The first-order valence-corrected chi connectivity index (χ1v) is 7.22. The Balaban J connectivity index is 2.32. The van der Waals surface area contributed by atoms with Crippen LogP contribution >= 0.6 is 0 Å². The first kappa shape index (κ1) is 13.9. The van der Waals surface area contributed by atoms with Crippen LogP contribution in [0.25, 0.3) is 0 Å². The van der Waals surface area contributed by atoms with Crippen LogP contribution in [-0.4, -0.2) is 28.8 Å². The number of aromatic nitrogens is 1. The minimum atomic E-state index is -0.360. The first-order valence-electron chi connectivity index (χ1n) is 7.22. The van der Waals surface area contributed by atoms with E-state index in [1.54, 1.807) is 4.90 Å². The number of nitrogens with zero attached hydrogens (tertiary/aromatic N) is 2. The lowest BCUT2D eigenvalue weighted by molar-refractivity contribution is 0.173. The summed E-state index contributed by atoms with van der Waals surface area (Å²) in [5.74, 6) is 0. The zero-order valence-electron chi connectivity index (χ0n) is 11.8. The fraction of sp³-hybridized carbons (Fsp3) is 0.714. The van der Waals surface area contributed by atoms with Crippen molar-refractivity contribution in [3.63, 3.8) is 0 Å². The lowest BCUT2D eigenvalue weighted by Crippen LogP contribution is -2.32.